The molecule has 0 bridgehead atoms. The van der Waals surface area contributed by atoms with E-state index in [4.69, 9.17) is 17.3 Å². The molecule has 0 aliphatic carbocycles. The van der Waals surface area contributed by atoms with E-state index in [2.05, 4.69) is 0 Å². The highest BCUT2D eigenvalue weighted by Crippen LogP contribution is 2.21. The first-order valence-corrected chi connectivity index (χ1v) is 6.47. The molecule has 0 saturated carbocycles. The Morgan fingerprint density at radius 3 is 2.94 bits per heavy atom. The third kappa shape index (κ3) is 2.65. The Bertz CT molecular complexity index is 453. The average molecular weight is 271 g/mol. The average Bonchev–Trinajstić information content (AvgIpc) is 2.38. The molecule has 5 heteroatoms. The minimum atomic E-state index is -0.575. The minimum Gasteiger partial charge on any atom is -0.334 e. The van der Waals surface area contributed by atoms with Crippen LogP contribution in [0.25, 0.3) is 0 Å². The number of carbonyl (C=O) groups is 1. The second kappa shape index (κ2) is 5.67. The van der Waals surface area contributed by atoms with Crippen molar-refractivity contribution in [1.29, 1.82) is 0 Å². The van der Waals surface area contributed by atoms with Crippen LogP contribution in [0.1, 0.15) is 29.6 Å². The van der Waals surface area contributed by atoms with Gasteiger partial charge in [-0.3, -0.25) is 4.79 Å². The fraction of sp³-hybridized carbons (Fsp3) is 0.462. The van der Waals surface area contributed by atoms with Gasteiger partial charge < -0.3 is 10.6 Å². The molecule has 1 atom stereocenters. The summed E-state index contributed by atoms with van der Waals surface area (Å²) in [7, 11) is 0. The van der Waals surface area contributed by atoms with E-state index in [0.29, 0.717) is 13.1 Å². The van der Waals surface area contributed by atoms with Gasteiger partial charge in [-0.1, -0.05) is 11.6 Å². The van der Waals surface area contributed by atoms with E-state index in [9.17, 15) is 9.18 Å². The van der Waals surface area contributed by atoms with Crippen molar-refractivity contribution in [3.05, 3.63) is 34.6 Å². The maximum absolute atomic E-state index is 13.7. The van der Waals surface area contributed by atoms with Gasteiger partial charge in [0.15, 0.2) is 0 Å². The molecule has 2 N–H and O–H groups in total. The summed E-state index contributed by atoms with van der Waals surface area (Å²) in [6.07, 6.45) is 2.89. The number of piperidine rings is 1. The summed E-state index contributed by atoms with van der Waals surface area (Å²) >= 11 is 5.68. The first kappa shape index (κ1) is 13.3. The van der Waals surface area contributed by atoms with E-state index in [-0.39, 0.29) is 22.5 Å². The molecule has 1 aliphatic rings. The SMILES string of the molecule is NC[C@H]1CCCCN1C(=O)c1ccc(Cl)cc1F. The van der Waals surface area contributed by atoms with Gasteiger partial charge in [0.05, 0.1) is 5.56 Å². The minimum absolute atomic E-state index is 0.0151. The monoisotopic (exact) mass is 270 g/mol. The van der Waals surface area contributed by atoms with E-state index < -0.39 is 5.82 Å². The smallest absolute Gasteiger partial charge is 0.257 e. The molecular weight excluding hydrogens is 255 g/mol. The lowest BCUT2D eigenvalue weighted by Gasteiger charge is -2.35. The van der Waals surface area contributed by atoms with Crippen LogP contribution in [0.5, 0.6) is 0 Å². The van der Waals surface area contributed by atoms with Gasteiger partial charge in [0, 0.05) is 24.2 Å². The van der Waals surface area contributed by atoms with Gasteiger partial charge in [0.1, 0.15) is 5.82 Å². The van der Waals surface area contributed by atoms with Gasteiger partial charge in [0.2, 0.25) is 0 Å². The number of benzene rings is 1. The quantitative estimate of drug-likeness (QED) is 0.897. The number of likely N-dealkylation sites (tertiary alicyclic amines) is 1. The first-order chi connectivity index (χ1) is 8.63. The van der Waals surface area contributed by atoms with Crippen LogP contribution >= 0.6 is 11.6 Å². The van der Waals surface area contributed by atoms with Crippen LogP contribution < -0.4 is 5.73 Å². The molecule has 0 spiro atoms. The predicted octanol–water partition coefficient (Wildman–Crippen LogP) is 2.43. The standard InChI is InChI=1S/C13H16ClFN2O/c14-9-4-5-11(12(15)7-9)13(18)17-6-2-1-3-10(17)8-16/h4-5,7,10H,1-3,6,8,16H2/t10-/m1/s1. The molecular formula is C13H16ClFN2O. The summed E-state index contributed by atoms with van der Waals surface area (Å²) in [5.41, 5.74) is 5.73. The third-order valence-corrected chi connectivity index (χ3v) is 3.56. The third-order valence-electron chi connectivity index (χ3n) is 3.32. The van der Waals surface area contributed by atoms with Crippen molar-refractivity contribution in [3.63, 3.8) is 0 Å². The van der Waals surface area contributed by atoms with Crippen molar-refractivity contribution in [1.82, 2.24) is 4.90 Å². The van der Waals surface area contributed by atoms with Gasteiger partial charge in [-0.05, 0) is 37.5 Å². The van der Waals surface area contributed by atoms with Crippen molar-refractivity contribution in [3.8, 4) is 0 Å². The number of nitrogens with zero attached hydrogens (tertiary/aromatic N) is 1. The van der Waals surface area contributed by atoms with Gasteiger partial charge in [-0.2, -0.15) is 0 Å². The molecule has 0 radical (unpaired) electrons. The lowest BCUT2D eigenvalue weighted by Crippen LogP contribution is -2.47. The molecule has 1 aromatic carbocycles. The van der Waals surface area contributed by atoms with E-state index in [0.717, 1.165) is 25.3 Å². The number of amides is 1. The van der Waals surface area contributed by atoms with Crippen LogP contribution in [-0.4, -0.2) is 29.9 Å². The molecule has 18 heavy (non-hydrogen) atoms. The number of nitrogens with two attached hydrogens (primary N) is 1. The van der Waals surface area contributed by atoms with Gasteiger partial charge in [-0.15, -0.1) is 0 Å². The van der Waals surface area contributed by atoms with Crippen molar-refractivity contribution in [2.24, 2.45) is 5.73 Å². The van der Waals surface area contributed by atoms with Gasteiger partial charge in [-0.25, -0.2) is 4.39 Å². The topological polar surface area (TPSA) is 46.3 Å². The largest absolute Gasteiger partial charge is 0.334 e. The molecule has 0 aromatic heterocycles. The van der Waals surface area contributed by atoms with E-state index in [1.165, 1.54) is 12.1 Å². The second-order valence-electron chi connectivity index (χ2n) is 4.51. The number of rotatable bonds is 2. The summed E-state index contributed by atoms with van der Waals surface area (Å²) in [4.78, 5) is 14.0. The predicted molar refractivity (Wildman–Crippen MR) is 69.1 cm³/mol. The maximum Gasteiger partial charge on any atom is 0.257 e. The summed E-state index contributed by atoms with van der Waals surface area (Å²) in [5, 5.41) is 0.290. The van der Waals surface area contributed by atoms with Crippen LogP contribution in [0.3, 0.4) is 0 Å². The molecule has 98 valence electrons. The molecule has 2 rings (SSSR count). The van der Waals surface area contributed by atoms with Crippen molar-refractivity contribution in [2.45, 2.75) is 25.3 Å². The van der Waals surface area contributed by atoms with Crippen LogP contribution in [0.15, 0.2) is 18.2 Å². The zero-order chi connectivity index (χ0) is 13.1. The Morgan fingerprint density at radius 2 is 2.28 bits per heavy atom. The second-order valence-corrected chi connectivity index (χ2v) is 4.94. The van der Waals surface area contributed by atoms with Crippen molar-refractivity contribution >= 4 is 17.5 Å². The Hall–Kier alpha value is -1.13. The van der Waals surface area contributed by atoms with Crippen LogP contribution in [-0.2, 0) is 0 Å². The Balaban J connectivity index is 2.24. The number of halogens is 2. The molecule has 1 amide bonds. The van der Waals surface area contributed by atoms with E-state index in [1.54, 1.807) is 4.90 Å². The molecule has 1 saturated heterocycles. The summed E-state index contributed by atoms with van der Waals surface area (Å²) in [6.45, 7) is 1.06. The molecule has 0 unspecified atom stereocenters. The number of hydrogen-bond acceptors (Lipinski definition) is 2. The number of carbonyl (C=O) groups excluding carboxylic acids is 1. The van der Waals surface area contributed by atoms with Crippen LogP contribution in [0.4, 0.5) is 4.39 Å². The van der Waals surface area contributed by atoms with Crippen molar-refractivity contribution in [2.75, 3.05) is 13.1 Å². The summed E-state index contributed by atoms with van der Waals surface area (Å²) < 4.78 is 13.7. The zero-order valence-electron chi connectivity index (χ0n) is 10.0. The molecule has 1 aromatic rings. The van der Waals surface area contributed by atoms with E-state index >= 15 is 0 Å². The maximum atomic E-state index is 13.7. The first-order valence-electron chi connectivity index (χ1n) is 6.09. The molecule has 1 heterocycles. The molecule has 1 aliphatic heterocycles. The lowest BCUT2D eigenvalue weighted by molar-refractivity contribution is 0.0618. The highest BCUT2D eigenvalue weighted by molar-refractivity contribution is 6.30. The lowest BCUT2D eigenvalue weighted by atomic mass is 10.0. The Kier molecular flexibility index (Phi) is 4.19. The van der Waals surface area contributed by atoms with Gasteiger partial charge in [0.25, 0.3) is 5.91 Å². The highest BCUT2D eigenvalue weighted by atomic mass is 35.5. The molecule has 1 fully saturated rings. The van der Waals surface area contributed by atoms with Crippen LogP contribution in [0, 0.1) is 5.82 Å². The Labute approximate surface area is 111 Å². The summed E-state index contributed by atoms with van der Waals surface area (Å²) in [5.74, 6) is -0.867. The summed E-state index contributed by atoms with van der Waals surface area (Å²) in [6, 6.07) is 4.14. The van der Waals surface area contributed by atoms with Crippen molar-refractivity contribution < 1.29 is 9.18 Å². The fourth-order valence-electron chi connectivity index (χ4n) is 2.33. The van der Waals surface area contributed by atoms with Crippen LogP contribution in [0.2, 0.25) is 5.02 Å². The zero-order valence-corrected chi connectivity index (χ0v) is 10.8. The molecule has 3 nitrogen and oxygen atoms in total. The van der Waals surface area contributed by atoms with E-state index in [1.807, 2.05) is 0 Å². The highest BCUT2D eigenvalue weighted by Gasteiger charge is 2.27. The fourth-order valence-corrected chi connectivity index (χ4v) is 2.49. The Morgan fingerprint density at radius 1 is 1.50 bits per heavy atom. The number of hydrogen-bond donors (Lipinski definition) is 1. The normalized spacial score (nSPS) is 19.9. The van der Waals surface area contributed by atoms with Gasteiger partial charge >= 0.3 is 0 Å².